The SMILES string of the molecule is C/C=C\N(C)c1cc(C#N)ccc1C.CCOc1ccccc1N(C)[C-]=O.FC1(F)CC[CH-]CC1.[U+2]. The topological polar surface area (TPSA) is 56.6 Å². The van der Waals surface area contributed by atoms with Gasteiger partial charge in [-0.05, 0) is 70.6 Å². The van der Waals surface area contributed by atoms with E-state index in [0.717, 1.165) is 11.4 Å². The number of amides is 1. The minimum absolute atomic E-state index is 0. The number of benzene rings is 2. The molecule has 1 amide bonds. The number of nitriles is 1. The van der Waals surface area contributed by atoms with Crippen molar-refractivity contribution in [3.05, 3.63) is 72.3 Å². The molecule has 0 aromatic heterocycles. The average molecular weight is 722 g/mol. The molecule has 1 aliphatic rings. The van der Waals surface area contributed by atoms with Crippen molar-refractivity contribution in [3.63, 3.8) is 0 Å². The first-order valence-corrected chi connectivity index (χ1v) is 11.6. The first kappa shape index (κ1) is 33.7. The van der Waals surface area contributed by atoms with E-state index in [9.17, 15) is 13.6 Å². The number of hydrogen-bond acceptors (Lipinski definition) is 4. The van der Waals surface area contributed by atoms with Crippen molar-refractivity contribution in [1.82, 2.24) is 0 Å². The molecule has 8 heteroatoms. The van der Waals surface area contributed by atoms with E-state index in [0.29, 0.717) is 30.8 Å². The Morgan fingerprint density at radius 3 is 2.31 bits per heavy atom. The molecule has 0 bridgehead atoms. The summed E-state index contributed by atoms with van der Waals surface area (Å²) < 4.78 is 29.7. The van der Waals surface area contributed by atoms with Crippen molar-refractivity contribution >= 4 is 17.8 Å². The van der Waals surface area contributed by atoms with E-state index >= 15 is 0 Å². The minimum Gasteiger partial charge on any atom is -0.511 e. The number of halogens is 2. The second-order valence-corrected chi connectivity index (χ2v) is 7.98. The Kier molecular flexibility index (Phi) is 16.8. The van der Waals surface area contributed by atoms with Crippen LogP contribution in [0.1, 0.15) is 50.7 Å². The van der Waals surface area contributed by atoms with Gasteiger partial charge in [-0.2, -0.15) is 18.1 Å². The molecule has 0 radical (unpaired) electrons. The third-order valence-corrected chi connectivity index (χ3v) is 5.18. The molecule has 2 aromatic rings. The van der Waals surface area contributed by atoms with Gasteiger partial charge in [0.05, 0.1) is 30.4 Å². The first-order chi connectivity index (χ1) is 16.7. The predicted octanol–water partition coefficient (Wildman–Crippen LogP) is 6.83. The summed E-state index contributed by atoms with van der Waals surface area (Å²) in [5, 5.41) is 8.78. The molecule has 0 saturated heterocycles. The summed E-state index contributed by atoms with van der Waals surface area (Å²) in [6.45, 7) is 6.50. The van der Waals surface area contributed by atoms with Crippen molar-refractivity contribution in [2.24, 2.45) is 0 Å². The van der Waals surface area contributed by atoms with Crippen LogP contribution in [0.4, 0.5) is 20.2 Å². The van der Waals surface area contributed by atoms with Gasteiger partial charge in [0.1, 0.15) is 0 Å². The van der Waals surface area contributed by atoms with Gasteiger partial charge in [0.2, 0.25) is 5.92 Å². The quantitative estimate of drug-likeness (QED) is 0.243. The molecule has 36 heavy (non-hydrogen) atoms. The zero-order chi connectivity index (χ0) is 26.3. The maximum atomic E-state index is 12.2. The number of nitrogens with zero attached hydrogens (tertiary/aromatic N) is 3. The molecule has 1 fully saturated rings. The summed E-state index contributed by atoms with van der Waals surface area (Å²) >= 11 is 0. The molecular formula is C28H35F2N3O2U. The van der Waals surface area contributed by atoms with Gasteiger partial charge in [-0.1, -0.05) is 30.0 Å². The van der Waals surface area contributed by atoms with Gasteiger partial charge in [-0.25, -0.2) is 8.78 Å². The predicted molar refractivity (Wildman–Crippen MR) is 139 cm³/mol. The van der Waals surface area contributed by atoms with E-state index < -0.39 is 5.92 Å². The summed E-state index contributed by atoms with van der Waals surface area (Å²) in [4.78, 5) is 13.8. The molecule has 1 saturated carbocycles. The van der Waals surface area contributed by atoms with E-state index in [4.69, 9.17) is 10.00 Å². The summed E-state index contributed by atoms with van der Waals surface area (Å²) in [6, 6.07) is 15.2. The van der Waals surface area contributed by atoms with E-state index in [1.165, 1.54) is 10.5 Å². The van der Waals surface area contributed by atoms with Crippen molar-refractivity contribution in [2.45, 2.75) is 52.4 Å². The van der Waals surface area contributed by atoms with Gasteiger partial charge in [-0.3, -0.25) is 0 Å². The molecule has 0 unspecified atom stereocenters. The van der Waals surface area contributed by atoms with E-state index in [1.54, 1.807) is 13.5 Å². The van der Waals surface area contributed by atoms with Crippen LogP contribution >= 0.6 is 0 Å². The summed E-state index contributed by atoms with van der Waals surface area (Å²) in [5.41, 5.74) is 3.67. The number of alkyl halides is 2. The third-order valence-electron chi connectivity index (χ3n) is 5.18. The number of allylic oxidation sites excluding steroid dienone is 1. The molecule has 1 aliphatic carbocycles. The molecule has 3 rings (SSSR count). The fraction of sp³-hybridized carbons (Fsp3) is 0.393. The number of rotatable bonds is 6. The van der Waals surface area contributed by atoms with Gasteiger partial charge < -0.3 is 25.8 Å². The maximum Gasteiger partial charge on any atom is 2.00 e. The Labute approximate surface area is 238 Å². The average Bonchev–Trinajstić information content (AvgIpc) is 2.85. The minimum atomic E-state index is -2.35. The summed E-state index contributed by atoms with van der Waals surface area (Å²) in [5.74, 6) is -1.65. The number of anilines is 2. The summed E-state index contributed by atoms with van der Waals surface area (Å²) in [6.07, 6.45) is 8.96. The van der Waals surface area contributed by atoms with E-state index in [1.807, 2.05) is 93.9 Å². The smallest absolute Gasteiger partial charge is 0.511 e. The maximum absolute atomic E-state index is 12.2. The van der Waals surface area contributed by atoms with Gasteiger partial charge in [-0.15, -0.1) is 6.07 Å². The monoisotopic (exact) mass is 721 g/mol. The van der Waals surface area contributed by atoms with Crippen LogP contribution in [-0.2, 0) is 4.79 Å². The van der Waals surface area contributed by atoms with E-state index in [-0.39, 0.29) is 44.0 Å². The Hall–Kier alpha value is -2.35. The second-order valence-electron chi connectivity index (χ2n) is 7.98. The first-order valence-electron chi connectivity index (χ1n) is 11.6. The molecule has 0 atom stereocenters. The van der Waals surface area contributed by atoms with Gasteiger partial charge in [0.15, 0.2) is 0 Å². The van der Waals surface area contributed by atoms with Gasteiger partial charge >= 0.3 is 31.1 Å². The molecule has 2 aromatic carbocycles. The van der Waals surface area contributed by atoms with Crippen LogP contribution in [0.25, 0.3) is 0 Å². The third kappa shape index (κ3) is 12.1. The van der Waals surface area contributed by atoms with Crippen molar-refractivity contribution in [2.75, 3.05) is 30.5 Å². The Morgan fingerprint density at radius 1 is 1.17 bits per heavy atom. The van der Waals surface area contributed by atoms with Crippen LogP contribution in [0.15, 0.2) is 54.7 Å². The summed E-state index contributed by atoms with van der Waals surface area (Å²) in [7, 11) is 3.62. The van der Waals surface area contributed by atoms with Crippen LogP contribution in [-0.4, -0.2) is 33.0 Å². The fourth-order valence-electron chi connectivity index (χ4n) is 3.32. The number of carbonyl (C=O) groups excluding carboxylic acids is 1. The zero-order valence-electron chi connectivity index (χ0n) is 21.7. The second kappa shape index (κ2) is 18.0. The molecule has 0 N–H and O–H groups in total. The Bertz CT molecular complexity index is 985. The van der Waals surface area contributed by atoms with Crippen molar-refractivity contribution in [3.8, 4) is 11.8 Å². The number of ether oxygens (including phenoxy) is 1. The van der Waals surface area contributed by atoms with Crippen LogP contribution in [0.5, 0.6) is 5.75 Å². The van der Waals surface area contributed by atoms with Crippen LogP contribution in [0.3, 0.4) is 0 Å². The Balaban J connectivity index is 0.000000521. The van der Waals surface area contributed by atoms with Gasteiger partial charge in [0.25, 0.3) is 0 Å². The van der Waals surface area contributed by atoms with Crippen LogP contribution < -0.4 is 14.5 Å². The number of hydrogen-bond donors (Lipinski definition) is 0. The largest absolute Gasteiger partial charge is 2.00 e. The van der Waals surface area contributed by atoms with Crippen molar-refractivity contribution < 1.29 is 49.4 Å². The van der Waals surface area contributed by atoms with Crippen molar-refractivity contribution in [1.29, 1.82) is 5.26 Å². The van der Waals surface area contributed by atoms with E-state index in [2.05, 4.69) is 6.07 Å². The molecule has 5 nitrogen and oxygen atoms in total. The fourth-order valence-corrected chi connectivity index (χ4v) is 3.32. The number of aryl methyl sites for hydroxylation is 1. The molecular weight excluding hydrogens is 686 g/mol. The zero-order valence-corrected chi connectivity index (χ0v) is 25.9. The van der Waals surface area contributed by atoms with Gasteiger partial charge in [0, 0.05) is 12.7 Å². The van der Waals surface area contributed by atoms with Crippen LogP contribution in [0, 0.1) is 55.8 Å². The molecule has 0 spiro atoms. The number of para-hydroxylation sites is 2. The molecule has 0 aliphatic heterocycles. The molecule has 0 heterocycles. The Morgan fingerprint density at radius 2 is 1.81 bits per heavy atom. The molecule has 192 valence electrons. The normalized spacial score (nSPS) is 13.5. The van der Waals surface area contributed by atoms with Crippen LogP contribution in [0.2, 0.25) is 0 Å². The standard InChI is InChI=1S/C12H14N2.C10H12NO2.C6H9F2.U/c1-4-7-14(3)12-8-11(9-13)6-5-10(12)2;1-3-13-10-7-5-4-6-9(10)11(2)8-12;7-6(8)4-2-1-3-5-6;/h4-8H,1-3H3;4-7H,3H2,1-2H3;1H,2-5H2;/q;2*-1;+2/b7-4-;;;.